The molecular formula is C35H29Cl2F3N4O5. The highest BCUT2D eigenvalue weighted by molar-refractivity contribution is 6.33. The van der Waals surface area contributed by atoms with E-state index in [1.165, 1.54) is 17.0 Å². The van der Waals surface area contributed by atoms with Crippen molar-refractivity contribution in [3.05, 3.63) is 99.2 Å². The van der Waals surface area contributed by atoms with Crippen LogP contribution in [0, 0.1) is 23.7 Å². The molecule has 4 amide bonds. The number of aromatic nitrogens is 1. The van der Waals surface area contributed by atoms with Gasteiger partial charge in [-0.3, -0.25) is 29.5 Å². The maximum absolute atomic E-state index is 15.1. The Bertz CT molecular complexity index is 1940. The molecular weight excluding hydrogens is 684 g/mol. The number of nitrogens with one attached hydrogen (secondary N) is 1. The highest BCUT2D eigenvalue weighted by Crippen LogP contribution is 2.64. The molecule has 2 aromatic carbocycles. The summed E-state index contributed by atoms with van der Waals surface area (Å²) in [5, 5.41) is 11.3. The second-order valence-electron chi connectivity index (χ2n) is 12.8. The Labute approximate surface area is 288 Å². The highest BCUT2D eigenvalue weighted by Gasteiger charge is 2.70. The minimum absolute atomic E-state index is 0.0147. The molecule has 14 heteroatoms. The van der Waals surface area contributed by atoms with Gasteiger partial charge in [-0.25, -0.2) is 4.98 Å². The number of benzene rings is 2. The number of phenols is 1. The third-order valence-electron chi connectivity index (χ3n) is 10.3. The number of halogens is 5. The number of nitrogens with zero attached hydrogens (tertiary/aromatic N) is 3. The molecule has 1 saturated carbocycles. The number of rotatable bonds is 6. The molecule has 2 saturated heterocycles. The molecule has 2 N–H and O–H groups in total. The average molecular weight is 714 g/mol. The number of amides is 4. The van der Waals surface area contributed by atoms with E-state index >= 15 is 4.79 Å². The van der Waals surface area contributed by atoms with Gasteiger partial charge in [0.2, 0.25) is 11.8 Å². The van der Waals surface area contributed by atoms with Crippen LogP contribution in [0.3, 0.4) is 0 Å². The summed E-state index contributed by atoms with van der Waals surface area (Å²) >= 11 is 12.5. The summed E-state index contributed by atoms with van der Waals surface area (Å²) in [7, 11) is 0. The van der Waals surface area contributed by atoms with E-state index in [4.69, 9.17) is 23.2 Å². The van der Waals surface area contributed by atoms with Crippen LogP contribution in [-0.4, -0.2) is 50.2 Å². The van der Waals surface area contributed by atoms with Gasteiger partial charge >= 0.3 is 6.18 Å². The van der Waals surface area contributed by atoms with Crippen LogP contribution in [-0.2, 0) is 30.8 Å². The second-order valence-corrected chi connectivity index (χ2v) is 13.7. The predicted octanol–water partition coefficient (Wildman–Crippen LogP) is 6.51. The molecule has 4 aliphatic rings. The first-order valence-corrected chi connectivity index (χ1v) is 16.5. The number of imide groups is 2. The molecule has 0 unspecified atom stereocenters. The average Bonchev–Trinajstić information content (AvgIpc) is 3.42. The van der Waals surface area contributed by atoms with E-state index in [1.807, 2.05) is 13.0 Å². The first kappa shape index (κ1) is 33.1. The van der Waals surface area contributed by atoms with Gasteiger partial charge in [-0.1, -0.05) is 66.0 Å². The van der Waals surface area contributed by atoms with Gasteiger partial charge in [-0.05, 0) is 66.6 Å². The number of likely N-dealkylation sites (tertiary alicyclic amines) is 1. The zero-order valence-electron chi connectivity index (χ0n) is 25.9. The third-order valence-corrected chi connectivity index (χ3v) is 10.8. The summed E-state index contributed by atoms with van der Waals surface area (Å²) < 4.78 is 40.1. The largest absolute Gasteiger partial charge is 0.508 e. The van der Waals surface area contributed by atoms with Gasteiger partial charge in [0.05, 0.1) is 33.8 Å². The monoisotopic (exact) mass is 712 g/mol. The van der Waals surface area contributed by atoms with E-state index in [0.29, 0.717) is 40.4 Å². The van der Waals surface area contributed by atoms with Crippen molar-refractivity contribution in [3.8, 4) is 5.75 Å². The fourth-order valence-electron chi connectivity index (χ4n) is 8.37. The minimum Gasteiger partial charge on any atom is -0.508 e. The summed E-state index contributed by atoms with van der Waals surface area (Å²) in [6.45, 7) is 2.13. The van der Waals surface area contributed by atoms with Crippen LogP contribution in [0.15, 0.2) is 72.4 Å². The number of allylic oxidation sites excluding steroid dienone is 2. The van der Waals surface area contributed by atoms with E-state index < -0.39 is 63.6 Å². The Balaban J connectivity index is 1.42. The quantitative estimate of drug-likeness (QED) is 0.221. The normalized spacial score (nSPS) is 28.0. The summed E-state index contributed by atoms with van der Waals surface area (Å²) in [5.41, 5.74) is 1.41. The standard InChI is InChI=1S/C35H29Cl2F3N4O5/c1-2-12-43-30(46)23-11-10-22-24(27(23)32(43)48)15-25-31(47)44(42-29-26(37)14-19(16-41-29)35(38,39)40)33(49)34(25,18-6-8-20(36)9-7-18)28(22)17-4-3-5-21(45)13-17/h3-10,13-14,16,23-25,27-28,45H,2,11-12,15H2,1H3,(H,41,42)/t23-,24+,25-,27-,28-,34+/m0/s1. The van der Waals surface area contributed by atoms with Crippen molar-refractivity contribution in [2.24, 2.45) is 23.7 Å². The van der Waals surface area contributed by atoms with E-state index in [1.54, 1.807) is 36.4 Å². The number of alkyl halides is 3. The molecule has 3 heterocycles. The smallest absolute Gasteiger partial charge is 0.417 e. The van der Waals surface area contributed by atoms with Crippen LogP contribution in [0.2, 0.25) is 10.0 Å². The molecule has 0 radical (unpaired) electrons. The SMILES string of the molecule is CCCN1C(=O)[C@H]2[C@H](CC=C3[C@H]2C[C@H]2C(=O)N(Nc4ncc(C(F)(F)F)cc4Cl)C(=O)[C@@]2(c2ccc(Cl)cc2)[C@H]3c2cccc(O)c2)C1=O. The van der Waals surface area contributed by atoms with Crippen molar-refractivity contribution >= 4 is 52.6 Å². The number of aromatic hydroxyl groups is 1. The number of hydrogen-bond donors (Lipinski definition) is 2. The molecule has 2 aliphatic carbocycles. The van der Waals surface area contributed by atoms with Gasteiger partial charge < -0.3 is 5.11 Å². The molecule has 254 valence electrons. The zero-order valence-corrected chi connectivity index (χ0v) is 27.4. The van der Waals surface area contributed by atoms with Crippen molar-refractivity contribution < 1.29 is 37.5 Å². The maximum atomic E-state index is 15.1. The summed E-state index contributed by atoms with van der Waals surface area (Å²) in [6, 6.07) is 13.4. The Morgan fingerprint density at radius 3 is 2.39 bits per heavy atom. The van der Waals surface area contributed by atoms with E-state index in [2.05, 4.69) is 10.4 Å². The molecule has 49 heavy (non-hydrogen) atoms. The van der Waals surface area contributed by atoms with Crippen LogP contribution < -0.4 is 5.43 Å². The van der Waals surface area contributed by atoms with Crippen molar-refractivity contribution in [2.45, 2.75) is 43.7 Å². The number of pyridine rings is 1. The zero-order chi connectivity index (χ0) is 35.0. The number of carbonyl (C=O) groups is 4. The van der Waals surface area contributed by atoms with Crippen LogP contribution >= 0.6 is 23.2 Å². The van der Waals surface area contributed by atoms with Gasteiger partial charge in [0.25, 0.3) is 11.8 Å². The highest BCUT2D eigenvalue weighted by atomic mass is 35.5. The number of carbonyl (C=O) groups excluding carboxylic acids is 4. The van der Waals surface area contributed by atoms with Crippen LogP contribution in [0.4, 0.5) is 19.0 Å². The molecule has 3 fully saturated rings. The Hall–Kier alpha value is -4.42. The molecule has 1 aromatic heterocycles. The fraction of sp³-hybridized carbons (Fsp3) is 0.343. The predicted molar refractivity (Wildman–Crippen MR) is 172 cm³/mol. The lowest BCUT2D eigenvalue weighted by atomic mass is 9.49. The summed E-state index contributed by atoms with van der Waals surface area (Å²) in [6.07, 6.45) is -1.47. The van der Waals surface area contributed by atoms with E-state index in [-0.39, 0.29) is 42.8 Å². The third kappa shape index (κ3) is 5.01. The van der Waals surface area contributed by atoms with E-state index in [9.17, 15) is 32.7 Å². The van der Waals surface area contributed by atoms with Gasteiger partial charge in [0, 0.05) is 23.7 Å². The van der Waals surface area contributed by atoms with Crippen LogP contribution in [0.1, 0.15) is 48.8 Å². The first-order valence-electron chi connectivity index (χ1n) is 15.8. The Morgan fingerprint density at radius 1 is 1.00 bits per heavy atom. The van der Waals surface area contributed by atoms with Crippen LogP contribution in [0.25, 0.3) is 0 Å². The topological polar surface area (TPSA) is 120 Å². The molecule has 0 bridgehead atoms. The lowest BCUT2D eigenvalue weighted by Crippen LogP contribution is -2.53. The first-order chi connectivity index (χ1) is 23.3. The molecule has 3 aromatic rings. The van der Waals surface area contributed by atoms with Crippen LogP contribution in [0.5, 0.6) is 5.75 Å². The van der Waals surface area contributed by atoms with Crippen molar-refractivity contribution in [2.75, 3.05) is 12.0 Å². The fourth-order valence-corrected chi connectivity index (χ4v) is 8.71. The number of phenolic OH excluding ortho intramolecular Hbond substituents is 1. The lowest BCUT2D eigenvalue weighted by molar-refractivity contribution is -0.141. The molecule has 0 spiro atoms. The van der Waals surface area contributed by atoms with Gasteiger partial charge in [-0.15, -0.1) is 0 Å². The number of fused-ring (bicyclic) bond motifs is 4. The van der Waals surface area contributed by atoms with E-state index in [0.717, 1.165) is 5.01 Å². The lowest BCUT2D eigenvalue weighted by Gasteiger charge is -2.50. The minimum atomic E-state index is -4.73. The maximum Gasteiger partial charge on any atom is 0.417 e. The van der Waals surface area contributed by atoms with Gasteiger partial charge in [0.1, 0.15) is 5.75 Å². The van der Waals surface area contributed by atoms with Crippen molar-refractivity contribution in [1.82, 2.24) is 14.9 Å². The van der Waals surface area contributed by atoms with Crippen molar-refractivity contribution in [3.63, 3.8) is 0 Å². The Morgan fingerprint density at radius 2 is 1.73 bits per heavy atom. The Kier molecular flexibility index (Phi) is 8.02. The van der Waals surface area contributed by atoms with Crippen molar-refractivity contribution in [1.29, 1.82) is 0 Å². The van der Waals surface area contributed by atoms with Gasteiger partial charge in [-0.2, -0.15) is 18.2 Å². The summed E-state index contributed by atoms with van der Waals surface area (Å²) in [5.74, 6) is -6.53. The van der Waals surface area contributed by atoms with Gasteiger partial charge in [0.15, 0.2) is 5.82 Å². The molecule has 9 nitrogen and oxygen atoms in total. The molecule has 2 aliphatic heterocycles. The number of hydrogen-bond acceptors (Lipinski definition) is 7. The summed E-state index contributed by atoms with van der Waals surface area (Å²) in [4.78, 5) is 62.1. The number of anilines is 1. The second kappa shape index (κ2) is 11.9. The molecule has 6 atom stereocenters. The molecule has 7 rings (SSSR count). The number of hydrazine groups is 1.